The number of nitrogens with one attached hydrogen (secondary N) is 1. The van der Waals surface area contributed by atoms with Crippen molar-refractivity contribution in [3.63, 3.8) is 0 Å². The second kappa shape index (κ2) is 7.21. The highest BCUT2D eigenvalue weighted by Gasteiger charge is 2.32. The molecular formula is C18H19N3O4. The second-order valence-electron chi connectivity index (χ2n) is 5.54. The molecule has 25 heavy (non-hydrogen) atoms. The van der Waals surface area contributed by atoms with E-state index in [9.17, 15) is 9.59 Å². The van der Waals surface area contributed by atoms with Gasteiger partial charge in [0.25, 0.3) is 5.91 Å². The van der Waals surface area contributed by atoms with Crippen LogP contribution in [0.4, 0.5) is 11.5 Å². The predicted octanol–water partition coefficient (Wildman–Crippen LogP) is 2.23. The highest BCUT2D eigenvalue weighted by atomic mass is 16.5. The second-order valence-corrected chi connectivity index (χ2v) is 5.54. The van der Waals surface area contributed by atoms with Crippen molar-refractivity contribution in [3.05, 3.63) is 42.6 Å². The van der Waals surface area contributed by atoms with Crippen molar-refractivity contribution in [2.75, 3.05) is 23.9 Å². The summed E-state index contributed by atoms with van der Waals surface area (Å²) in [6.45, 7) is 1.78. The molecule has 0 fully saturated rings. The number of amides is 2. The first kappa shape index (κ1) is 16.8. The Bertz CT molecular complexity index is 776. The number of benzene rings is 1. The van der Waals surface area contributed by atoms with E-state index in [-0.39, 0.29) is 18.4 Å². The zero-order valence-corrected chi connectivity index (χ0v) is 14.1. The van der Waals surface area contributed by atoms with Gasteiger partial charge >= 0.3 is 0 Å². The first-order chi connectivity index (χ1) is 12.1. The summed E-state index contributed by atoms with van der Waals surface area (Å²) in [5.74, 6) is 1.14. The van der Waals surface area contributed by atoms with E-state index in [1.165, 1.54) is 4.90 Å². The Balaban J connectivity index is 1.81. The molecule has 1 aromatic heterocycles. The molecule has 1 unspecified atom stereocenters. The minimum Gasteiger partial charge on any atom is -0.497 e. The lowest BCUT2D eigenvalue weighted by atomic mass is 10.2. The van der Waals surface area contributed by atoms with Gasteiger partial charge in [0.1, 0.15) is 18.0 Å². The van der Waals surface area contributed by atoms with Crippen molar-refractivity contribution in [3.8, 4) is 11.5 Å². The zero-order valence-electron chi connectivity index (χ0n) is 14.1. The number of hydrogen-bond donors (Lipinski definition) is 1. The van der Waals surface area contributed by atoms with Crippen molar-refractivity contribution in [2.45, 2.75) is 19.4 Å². The lowest BCUT2D eigenvalue weighted by Gasteiger charge is -2.30. The Hall–Kier alpha value is -3.09. The number of fused-ring (bicyclic) bond motifs is 1. The molecular weight excluding hydrogens is 322 g/mol. The van der Waals surface area contributed by atoms with Gasteiger partial charge in [0, 0.05) is 6.20 Å². The number of methoxy groups -OCH3 is 1. The van der Waals surface area contributed by atoms with Crippen LogP contribution >= 0.6 is 0 Å². The van der Waals surface area contributed by atoms with Gasteiger partial charge in [-0.3, -0.25) is 14.5 Å². The van der Waals surface area contributed by atoms with Crippen LogP contribution in [0.3, 0.4) is 0 Å². The van der Waals surface area contributed by atoms with E-state index in [4.69, 9.17) is 9.47 Å². The molecule has 2 aromatic rings. The molecule has 7 heteroatoms. The summed E-state index contributed by atoms with van der Waals surface area (Å²) in [4.78, 5) is 30.4. The van der Waals surface area contributed by atoms with Crippen molar-refractivity contribution in [1.82, 2.24) is 4.98 Å². The molecule has 3 rings (SSSR count). The van der Waals surface area contributed by atoms with Crippen molar-refractivity contribution >= 4 is 23.3 Å². The van der Waals surface area contributed by atoms with E-state index >= 15 is 0 Å². The third-order valence-corrected chi connectivity index (χ3v) is 3.87. The molecule has 1 aliphatic rings. The first-order valence-electron chi connectivity index (χ1n) is 7.99. The van der Waals surface area contributed by atoms with Crippen LogP contribution in [-0.2, 0) is 9.59 Å². The fraction of sp³-hybridized carbons (Fsp3) is 0.278. The van der Waals surface area contributed by atoms with Crippen molar-refractivity contribution in [1.29, 1.82) is 0 Å². The third-order valence-electron chi connectivity index (χ3n) is 3.87. The number of carbonyl (C=O) groups excluding carboxylic acids is 2. The summed E-state index contributed by atoms with van der Waals surface area (Å²) >= 11 is 0. The van der Waals surface area contributed by atoms with Crippen LogP contribution in [0.25, 0.3) is 0 Å². The summed E-state index contributed by atoms with van der Waals surface area (Å²) < 4.78 is 10.9. The summed E-state index contributed by atoms with van der Waals surface area (Å²) in [5, 5.41) is 2.71. The molecule has 0 bridgehead atoms. The molecule has 1 aromatic carbocycles. The maximum Gasteiger partial charge on any atom is 0.269 e. The van der Waals surface area contributed by atoms with Gasteiger partial charge in [-0.05, 0) is 42.8 Å². The maximum atomic E-state index is 12.9. The lowest BCUT2D eigenvalue weighted by Crippen LogP contribution is -2.48. The Morgan fingerprint density at radius 1 is 1.28 bits per heavy atom. The number of ether oxygens (including phenoxy) is 2. The Kier molecular flexibility index (Phi) is 4.83. The van der Waals surface area contributed by atoms with E-state index < -0.39 is 6.10 Å². The van der Waals surface area contributed by atoms with Crippen LogP contribution in [0.5, 0.6) is 11.5 Å². The average Bonchev–Trinajstić information content (AvgIpc) is 2.65. The average molecular weight is 341 g/mol. The van der Waals surface area contributed by atoms with Gasteiger partial charge in [-0.2, -0.15) is 0 Å². The molecule has 7 nitrogen and oxygen atoms in total. The predicted molar refractivity (Wildman–Crippen MR) is 92.9 cm³/mol. The van der Waals surface area contributed by atoms with Crippen LogP contribution in [0.15, 0.2) is 42.6 Å². The molecule has 0 saturated heterocycles. The summed E-state index contributed by atoms with van der Waals surface area (Å²) in [6.07, 6.45) is 1.33. The van der Waals surface area contributed by atoms with E-state index in [1.54, 1.807) is 49.7 Å². The highest BCUT2D eigenvalue weighted by molar-refractivity contribution is 6.10. The zero-order chi connectivity index (χ0) is 17.8. The lowest BCUT2D eigenvalue weighted by molar-refractivity contribution is -0.127. The molecule has 1 atom stereocenters. The van der Waals surface area contributed by atoms with Gasteiger partial charge in [-0.1, -0.05) is 6.92 Å². The highest BCUT2D eigenvalue weighted by Crippen LogP contribution is 2.28. The van der Waals surface area contributed by atoms with Crippen molar-refractivity contribution in [2.24, 2.45) is 0 Å². The minimum atomic E-state index is -0.714. The molecule has 0 spiro atoms. The summed E-state index contributed by atoms with van der Waals surface area (Å²) in [5.41, 5.74) is 0.520. The van der Waals surface area contributed by atoms with Gasteiger partial charge in [0.05, 0.1) is 12.8 Å². The number of nitrogens with zero attached hydrogens (tertiary/aromatic N) is 2. The van der Waals surface area contributed by atoms with E-state index in [0.29, 0.717) is 29.4 Å². The molecule has 1 N–H and O–H groups in total. The first-order valence-corrected chi connectivity index (χ1v) is 7.99. The standard InChI is InChI=1S/C18H19N3O4/c1-3-15(25-13-8-6-12(24-2)7-9-13)18(23)21-11-16(22)20-14-5-4-10-19-17(14)21/h4-10,15H,3,11H2,1-2H3,(H,20,22). The van der Waals surface area contributed by atoms with Gasteiger partial charge in [-0.25, -0.2) is 4.98 Å². The molecule has 2 amide bonds. The third kappa shape index (κ3) is 3.55. The van der Waals surface area contributed by atoms with Crippen LogP contribution < -0.4 is 19.7 Å². The van der Waals surface area contributed by atoms with Crippen LogP contribution in [0, 0.1) is 0 Å². The van der Waals surface area contributed by atoms with E-state index in [1.807, 2.05) is 6.92 Å². The van der Waals surface area contributed by atoms with Gasteiger partial charge < -0.3 is 14.8 Å². The van der Waals surface area contributed by atoms with Crippen molar-refractivity contribution < 1.29 is 19.1 Å². The monoisotopic (exact) mass is 341 g/mol. The number of carbonyl (C=O) groups is 2. The topological polar surface area (TPSA) is 80.8 Å². The SMILES string of the molecule is CCC(Oc1ccc(OC)cc1)C(=O)N1CC(=O)Nc2cccnc21. The van der Waals surface area contributed by atoms with Crippen LogP contribution in [0.1, 0.15) is 13.3 Å². The fourth-order valence-corrected chi connectivity index (χ4v) is 2.60. The quantitative estimate of drug-likeness (QED) is 0.902. The fourth-order valence-electron chi connectivity index (χ4n) is 2.60. The van der Waals surface area contributed by atoms with Crippen LogP contribution in [-0.4, -0.2) is 36.6 Å². The summed E-state index contributed by atoms with van der Waals surface area (Å²) in [7, 11) is 1.58. The molecule has 0 aliphatic carbocycles. The number of pyridine rings is 1. The smallest absolute Gasteiger partial charge is 0.269 e. The normalized spacial score (nSPS) is 14.3. The Morgan fingerprint density at radius 3 is 2.68 bits per heavy atom. The molecule has 0 radical (unpaired) electrons. The molecule has 1 aliphatic heterocycles. The molecule has 2 heterocycles. The number of rotatable bonds is 5. The Morgan fingerprint density at radius 2 is 2.00 bits per heavy atom. The van der Waals surface area contributed by atoms with Gasteiger partial charge in [0.2, 0.25) is 5.91 Å². The number of aromatic nitrogens is 1. The van der Waals surface area contributed by atoms with Crippen LogP contribution in [0.2, 0.25) is 0 Å². The number of hydrogen-bond acceptors (Lipinski definition) is 5. The summed E-state index contributed by atoms with van der Waals surface area (Å²) in [6, 6.07) is 10.4. The molecule has 130 valence electrons. The van der Waals surface area contributed by atoms with E-state index in [2.05, 4.69) is 10.3 Å². The minimum absolute atomic E-state index is 0.0781. The maximum absolute atomic E-state index is 12.9. The van der Waals surface area contributed by atoms with E-state index in [0.717, 1.165) is 0 Å². The Labute approximate surface area is 145 Å². The van der Waals surface area contributed by atoms with Gasteiger partial charge in [0.15, 0.2) is 11.9 Å². The number of anilines is 2. The van der Waals surface area contributed by atoms with Gasteiger partial charge in [-0.15, -0.1) is 0 Å². The molecule has 0 saturated carbocycles. The largest absolute Gasteiger partial charge is 0.497 e.